The Morgan fingerprint density at radius 3 is 3.08 bits per heavy atom. The lowest BCUT2D eigenvalue weighted by Gasteiger charge is -2.40. The monoisotopic (exact) mass is 176 g/mol. The summed E-state index contributed by atoms with van der Waals surface area (Å²) < 4.78 is 0. The molecule has 0 radical (unpaired) electrons. The van der Waals surface area contributed by atoms with Gasteiger partial charge in [0, 0.05) is 13.0 Å². The summed E-state index contributed by atoms with van der Waals surface area (Å²) in [4.78, 5) is 16.4. The first kappa shape index (κ1) is 6.90. The summed E-state index contributed by atoms with van der Waals surface area (Å²) >= 11 is 0. The van der Waals surface area contributed by atoms with Crippen LogP contribution in [0.5, 0.6) is 0 Å². The van der Waals surface area contributed by atoms with Crippen molar-refractivity contribution in [3.63, 3.8) is 0 Å². The van der Waals surface area contributed by atoms with Crippen molar-refractivity contribution in [3.05, 3.63) is 0 Å². The van der Waals surface area contributed by atoms with E-state index in [-0.39, 0.29) is 5.96 Å². The summed E-state index contributed by atoms with van der Waals surface area (Å²) in [6.07, 6.45) is 2.40. The number of nitrogens with one attached hydrogen (secondary N) is 1. The number of rotatable bonds is 0. The molecule has 0 bridgehead atoms. The topological polar surface area (TPSA) is 87.5 Å². The number of nitrogens with two attached hydrogens (primary N) is 1. The minimum atomic E-state index is -0.419. The van der Waals surface area contributed by atoms with Crippen LogP contribution in [0.15, 0.2) is 20.0 Å². The van der Waals surface area contributed by atoms with Gasteiger partial charge in [-0.3, -0.25) is 5.32 Å². The van der Waals surface area contributed by atoms with Crippen molar-refractivity contribution >= 4 is 23.8 Å². The Morgan fingerprint density at radius 1 is 1.54 bits per heavy atom. The predicted octanol–water partition coefficient (Wildman–Crippen LogP) is -1.11. The molecule has 3 heterocycles. The van der Waals surface area contributed by atoms with Crippen LogP contribution in [0.25, 0.3) is 0 Å². The maximum Gasteiger partial charge on any atom is 0.219 e. The molecule has 13 heavy (non-hydrogen) atoms. The minimum absolute atomic E-state index is 0.278. The van der Waals surface area contributed by atoms with Crippen molar-refractivity contribution in [2.45, 2.75) is 12.1 Å². The Balaban J connectivity index is 2.13. The molecule has 6 nitrogen and oxygen atoms in total. The first-order valence-electron chi connectivity index (χ1n) is 4.10. The molecule has 3 aliphatic rings. The van der Waals surface area contributed by atoms with E-state index in [4.69, 9.17) is 5.73 Å². The lowest BCUT2D eigenvalue weighted by atomic mass is 9.91. The Morgan fingerprint density at radius 2 is 2.38 bits per heavy atom. The summed E-state index contributed by atoms with van der Waals surface area (Å²) in [6, 6.07) is 0. The fourth-order valence-electron chi connectivity index (χ4n) is 1.68. The molecule has 0 aromatic heterocycles. The van der Waals surface area contributed by atoms with Crippen LogP contribution in [-0.2, 0) is 0 Å². The number of nitrogens with zero attached hydrogens (tertiary/aromatic N) is 4. The van der Waals surface area contributed by atoms with Gasteiger partial charge in [-0.25, -0.2) is 15.0 Å². The molecule has 3 rings (SSSR count). The molecule has 0 aromatic rings. The third-order valence-corrected chi connectivity index (χ3v) is 2.40. The second kappa shape index (κ2) is 2.02. The summed E-state index contributed by atoms with van der Waals surface area (Å²) in [5.41, 5.74) is 5.95. The number of hydrogen-bond acceptors (Lipinski definition) is 6. The van der Waals surface area contributed by atoms with Crippen LogP contribution < -0.4 is 11.1 Å². The molecule has 1 unspecified atom stereocenters. The summed E-state index contributed by atoms with van der Waals surface area (Å²) in [5, 5.41) is 3.20. The van der Waals surface area contributed by atoms with Gasteiger partial charge >= 0.3 is 0 Å². The summed E-state index contributed by atoms with van der Waals surface area (Å²) in [6.45, 7) is 0.934. The predicted molar refractivity (Wildman–Crippen MR) is 50.3 cm³/mol. The molecule has 6 heteroatoms. The zero-order valence-electron chi connectivity index (χ0n) is 6.86. The zero-order chi connectivity index (χ0) is 8.89. The third-order valence-electron chi connectivity index (χ3n) is 2.40. The van der Waals surface area contributed by atoms with Crippen LogP contribution >= 0.6 is 0 Å². The van der Waals surface area contributed by atoms with Gasteiger partial charge in [-0.15, -0.1) is 0 Å². The van der Waals surface area contributed by atoms with Gasteiger partial charge in [0.05, 0.1) is 0 Å². The molecule has 0 amide bonds. The van der Waals surface area contributed by atoms with Crippen molar-refractivity contribution < 1.29 is 0 Å². The maximum atomic E-state index is 5.57. The van der Waals surface area contributed by atoms with E-state index in [0.29, 0.717) is 5.84 Å². The van der Waals surface area contributed by atoms with Crippen molar-refractivity contribution in [2.24, 2.45) is 25.7 Å². The normalized spacial score (nSPS) is 34.9. The van der Waals surface area contributed by atoms with Crippen molar-refractivity contribution in [2.75, 3.05) is 6.54 Å². The Bertz CT molecular complexity index is 384. The quantitative estimate of drug-likeness (QED) is 0.490. The number of guanidine groups is 1. The lowest BCUT2D eigenvalue weighted by Crippen LogP contribution is -2.64. The number of fused-ring (bicyclic) bond motifs is 2. The van der Waals surface area contributed by atoms with E-state index in [1.807, 2.05) is 0 Å². The number of amidine groups is 1. The summed E-state index contributed by atoms with van der Waals surface area (Å²) in [5.74, 6) is 0.875. The molecule has 3 aliphatic heterocycles. The van der Waals surface area contributed by atoms with Gasteiger partial charge in [0.15, 0.2) is 11.5 Å². The minimum Gasteiger partial charge on any atom is -0.368 e. The van der Waals surface area contributed by atoms with Gasteiger partial charge in [0.2, 0.25) is 5.96 Å². The Hall–Kier alpha value is -1.56. The van der Waals surface area contributed by atoms with Gasteiger partial charge < -0.3 is 5.73 Å². The van der Waals surface area contributed by atoms with E-state index in [1.165, 1.54) is 6.34 Å². The van der Waals surface area contributed by atoms with Crippen LogP contribution in [0.3, 0.4) is 0 Å². The Kier molecular flexibility index (Phi) is 1.07. The smallest absolute Gasteiger partial charge is 0.219 e. The van der Waals surface area contributed by atoms with Gasteiger partial charge in [-0.1, -0.05) is 0 Å². The highest BCUT2D eigenvalue weighted by Gasteiger charge is 2.46. The van der Waals surface area contributed by atoms with Crippen LogP contribution in [0.4, 0.5) is 0 Å². The second-order valence-electron chi connectivity index (χ2n) is 3.16. The van der Waals surface area contributed by atoms with Crippen LogP contribution in [0.2, 0.25) is 0 Å². The molecular formula is C7H8N6. The lowest BCUT2D eigenvalue weighted by molar-refractivity contribution is 0.312. The molecule has 1 atom stereocenters. The third kappa shape index (κ3) is 0.752. The van der Waals surface area contributed by atoms with E-state index < -0.39 is 5.66 Å². The average molecular weight is 176 g/mol. The van der Waals surface area contributed by atoms with Crippen LogP contribution in [0.1, 0.15) is 6.42 Å². The fraction of sp³-hybridized carbons (Fsp3) is 0.429. The fourth-order valence-corrected chi connectivity index (χ4v) is 1.68. The Labute approximate surface area is 74.4 Å². The molecule has 3 N–H and O–H groups in total. The van der Waals surface area contributed by atoms with Crippen molar-refractivity contribution in [1.29, 1.82) is 0 Å². The van der Waals surface area contributed by atoms with Crippen LogP contribution in [0, 0.1) is 0 Å². The van der Waals surface area contributed by atoms with Crippen molar-refractivity contribution in [3.8, 4) is 0 Å². The molecule has 66 valence electrons. The van der Waals surface area contributed by atoms with E-state index >= 15 is 0 Å². The van der Waals surface area contributed by atoms with E-state index in [2.05, 4.69) is 25.3 Å². The molecular weight excluding hydrogens is 168 g/mol. The van der Waals surface area contributed by atoms with Gasteiger partial charge in [-0.2, -0.15) is 4.99 Å². The molecule has 0 aromatic carbocycles. The summed E-state index contributed by atoms with van der Waals surface area (Å²) in [7, 11) is 0. The molecule has 0 saturated carbocycles. The van der Waals surface area contributed by atoms with Gasteiger partial charge in [-0.05, 0) is 0 Å². The number of aliphatic imine (C=N–C) groups is 4. The largest absolute Gasteiger partial charge is 0.368 e. The molecule has 1 fully saturated rings. The van der Waals surface area contributed by atoms with Crippen molar-refractivity contribution in [1.82, 2.24) is 5.32 Å². The van der Waals surface area contributed by atoms with Gasteiger partial charge in [0.25, 0.3) is 0 Å². The maximum absolute atomic E-state index is 5.57. The van der Waals surface area contributed by atoms with E-state index in [9.17, 15) is 0 Å². The molecule has 1 saturated heterocycles. The molecule has 1 spiro atoms. The first-order valence-corrected chi connectivity index (χ1v) is 4.10. The van der Waals surface area contributed by atoms with Gasteiger partial charge in [0.1, 0.15) is 12.1 Å². The first-order chi connectivity index (χ1) is 6.30. The highest BCUT2D eigenvalue weighted by molar-refractivity contribution is 6.51. The highest BCUT2D eigenvalue weighted by atomic mass is 15.3. The highest BCUT2D eigenvalue weighted by Crippen LogP contribution is 2.27. The van der Waals surface area contributed by atoms with Crippen LogP contribution in [-0.4, -0.2) is 36.1 Å². The van der Waals surface area contributed by atoms with E-state index in [0.717, 1.165) is 18.7 Å². The standard InChI is InChI=1S/C7H8N6/c8-6-12-5-4(9-3-10-5)7(13-6)1-2-11-7/h3,11H,1-2H2,(H2,8,13). The number of hydrogen-bond donors (Lipinski definition) is 2. The SMILES string of the molecule is NC1=NC2(CCN2)C2=NC=NC2=N1. The van der Waals surface area contributed by atoms with E-state index in [1.54, 1.807) is 0 Å². The molecule has 0 aliphatic carbocycles. The second-order valence-corrected chi connectivity index (χ2v) is 3.16. The average Bonchev–Trinajstić information content (AvgIpc) is 2.47. The zero-order valence-corrected chi connectivity index (χ0v) is 6.86.